The Morgan fingerprint density at radius 1 is 1.18 bits per heavy atom. The van der Waals surface area contributed by atoms with Gasteiger partial charge in [-0.15, -0.1) is 24.0 Å². The van der Waals surface area contributed by atoms with Crippen LogP contribution in [0.1, 0.15) is 18.9 Å². The van der Waals surface area contributed by atoms with E-state index in [2.05, 4.69) is 63.5 Å². The molecule has 1 aromatic carbocycles. The first kappa shape index (κ1) is 24.9. The number of sulfone groups is 1. The molecule has 1 fully saturated rings. The van der Waals surface area contributed by atoms with Crippen molar-refractivity contribution in [2.75, 3.05) is 57.8 Å². The van der Waals surface area contributed by atoms with E-state index in [1.807, 2.05) is 6.07 Å². The molecular formula is C20H33IN4O2S. The van der Waals surface area contributed by atoms with Crippen LogP contribution >= 0.6 is 24.0 Å². The van der Waals surface area contributed by atoms with E-state index in [4.69, 9.17) is 0 Å². The number of hydrogen-bond donors (Lipinski definition) is 1. The van der Waals surface area contributed by atoms with Crippen molar-refractivity contribution in [2.45, 2.75) is 13.3 Å². The van der Waals surface area contributed by atoms with Crippen molar-refractivity contribution in [1.82, 2.24) is 15.1 Å². The summed E-state index contributed by atoms with van der Waals surface area (Å²) >= 11 is 0. The van der Waals surface area contributed by atoms with Crippen LogP contribution < -0.4 is 5.32 Å². The smallest absolute Gasteiger partial charge is 0.194 e. The van der Waals surface area contributed by atoms with Gasteiger partial charge in [-0.25, -0.2) is 8.42 Å². The minimum atomic E-state index is -2.91. The highest BCUT2D eigenvalue weighted by Gasteiger charge is 2.18. The van der Waals surface area contributed by atoms with Crippen molar-refractivity contribution >= 4 is 45.8 Å². The number of benzene rings is 1. The molecule has 1 N–H and O–H groups in total. The number of hydrogen-bond acceptors (Lipinski definition) is 4. The molecule has 1 aromatic rings. The average Bonchev–Trinajstić information content (AvgIpc) is 2.65. The Morgan fingerprint density at radius 2 is 1.86 bits per heavy atom. The number of halogens is 1. The zero-order valence-corrected chi connectivity index (χ0v) is 20.0. The molecule has 8 heteroatoms. The topological polar surface area (TPSA) is 65.0 Å². The van der Waals surface area contributed by atoms with Crippen LogP contribution in [0.15, 0.2) is 41.4 Å². The van der Waals surface area contributed by atoms with Gasteiger partial charge in [0.1, 0.15) is 9.84 Å². The third kappa shape index (κ3) is 9.88. The summed E-state index contributed by atoms with van der Waals surface area (Å²) in [6, 6.07) is 10.3. The number of nitrogens with zero attached hydrogens (tertiary/aromatic N) is 3. The van der Waals surface area contributed by atoms with Crippen molar-refractivity contribution in [3.63, 3.8) is 0 Å². The van der Waals surface area contributed by atoms with Crippen molar-refractivity contribution in [1.29, 1.82) is 0 Å². The van der Waals surface area contributed by atoms with Gasteiger partial charge in [0, 0.05) is 52.1 Å². The molecule has 0 bridgehead atoms. The summed E-state index contributed by atoms with van der Waals surface area (Å²) in [6.07, 6.45) is 6.22. The minimum Gasteiger partial charge on any atom is -0.357 e. The lowest BCUT2D eigenvalue weighted by Gasteiger charge is -2.36. The van der Waals surface area contributed by atoms with Crippen LogP contribution in [0, 0.1) is 0 Å². The Labute approximate surface area is 187 Å². The van der Waals surface area contributed by atoms with Crippen LogP contribution in [0.3, 0.4) is 0 Å². The lowest BCUT2D eigenvalue weighted by Crippen LogP contribution is -2.52. The quantitative estimate of drug-likeness (QED) is 0.247. The number of piperazine rings is 1. The molecule has 1 heterocycles. The average molecular weight is 520 g/mol. The summed E-state index contributed by atoms with van der Waals surface area (Å²) in [5.74, 6) is 1.09. The molecule has 0 atom stereocenters. The van der Waals surface area contributed by atoms with Gasteiger partial charge in [0.25, 0.3) is 0 Å². The van der Waals surface area contributed by atoms with Gasteiger partial charge in [-0.1, -0.05) is 42.5 Å². The van der Waals surface area contributed by atoms with E-state index in [-0.39, 0.29) is 29.7 Å². The summed E-state index contributed by atoms with van der Waals surface area (Å²) in [7, 11) is -2.91. The molecule has 0 amide bonds. The fourth-order valence-electron chi connectivity index (χ4n) is 2.98. The van der Waals surface area contributed by atoms with Gasteiger partial charge in [0.2, 0.25) is 0 Å². The van der Waals surface area contributed by atoms with E-state index < -0.39 is 9.84 Å². The van der Waals surface area contributed by atoms with E-state index >= 15 is 0 Å². The Morgan fingerprint density at radius 3 is 2.46 bits per heavy atom. The SMILES string of the molecule is CCNC(=NCCCS(C)(=O)=O)N1CCN(C/C=C/c2ccccc2)CC1.I. The van der Waals surface area contributed by atoms with Crippen LogP contribution in [0.5, 0.6) is 0 Å². The van der Waals surface area contributed by atoms with Crippen molar-refractivity contribution in [2.24, 2.45) is 4.99 Å². The maximum Gasteiger partial charge on any atom is 0.194 e. The van der Waals surface area contributed by atoms with Crippen LogP contribution in [0.25, 0.3) is 6.08 Å². The predicted molar refractivity (Wildman–Crippen MR) is 129 cm³/mol. The Bertz CT molecular complexity index is 715. The molecule has 0 unspecified atom stereocenters. The highest BCUT2D eigenvalue weighted by atomic mass is 127. The first-order valence-electron chi connectivity index (χ1n) is 9.63. The first-order valence-corrected chi connectivity index (χ1v) is 11.7. The highest BCUT2D eigenvalue weighted by Crippen LogP contribution is 2.05. The van der Waals surface area contributed by atoms with Crippen LogP contribution in [0.2, 0.25) is 0 Å². The maximum absolute atomic E-state index is 11.2. The van der Waals surface area contributed by atoms with E-state index in [0.717, 1.165) is 45.2 Å². The van der Waals surface area contributed by atoms with Gasteiger partial charge in [-0.2, -0.15) is 0 Å². The second-order valence-electron chi connectivity index (χ2n) is 6.82. The summed E-state index contributed by atoms with van der Waals surface area (Å²) in [4.78, 5) is 9.30. The number of guanidine groups is 1. The normalized spacial score (nSPS) is 16.2. The molecular weight excluding hydrogens is 487 g/mol. The monoisotopic (exact) mass is 520 g/mol. The fraction of sp³-hybridized carbons (Fsp3) is 0.550. The van der Waals surface area contributed by atoms with Gasteiger partial charge in [0.15, 0.2) is 5.96 Å². The van der Waals surface area contributed by atoms with Gasteiger partial charge < -0.3 is 10.2 Å². The number of aliphatic imine (C=N–C) groups is 1. The third-order valence-corrected chi connectivity index (χ3v) is 5.45. The molecule has 0 spiro atoms. The lowest BCUT2D eigenvalue weighted by molar-refractivity contribution is 0.194. The van der Waals surface area contributed by atoms with E-state index in [1.165, 1.54) is 11.8 Å². The molecule has 28 heavy (non-hydrogen) atoms. The van der Waals surface area contributed by atoms with E-state index in [9.17, 15) is 8.42 Å². The second-order valence-corrected chi connectivity index (χ2v) is 9.08. The molecule has 0 aromatic heterocycles. The number of rotatable bonds is 8. The molecule has 0 aliphatic carbocycles. The van der Waals surface area contributed by atoms with Crippen molar-refractivity contribution in [3.8, 4) is 0 Å². The standard InChI is InChI=1S/C20H32N4O2S.HI/c1-3-21-20(22-12-8-18-27(2,25)26)24-16-14-23(15-17-24)13-7-11-19-9-5-4-6-10-19;/h4-7,9-11H,3,8,12-18H2,1-2H3,(H,21,22);1H/b11-7+;. The predicted octanol–water partition coefficient (Wildman–Crippen LogP) is 2.34. The second kappa shape index (κ2) is 13.2. The van der Waals surface area contributed by atoms with Gasteiger partial charge >= 0.3 is 0 Å². The largest absolute Gasteiger partial charge is 0.357 e. The zero-order chi connectivity index (χ0) is 19.5. The van der Waals surface area contributed by atoms with E-state index in [0.29, 0.717) is 13.0 Å². The lowest BCUT2D eigenvalue weighted by atomic mass is 10.2. The summed E-state index contributed by atoms with van der Waals surface area (Å²) in [6.45, 7) is 8.19. The maximum atomic E-state index is 11.2. The first-order chi connectivity index (χ1) is 13.0. The molecule has 1 saturated heterocycles. The third-order valence-electron chi connectivity index (χ3n) is 4.42. The van der Waals surface area contributed by atoms with Crippen LogP contribution in [0.4, 0.5) is 0 Å². The van der Waals surface area contributed by atoms with E-state index in [1.54, 1.807) is 0 Å². The van der Waals surface area contributed by atoms with Crippen LogP contribution in [-0.4, -0.2) is 82.0 Å². The van der Waals surface area contributed by atoms with Crippen molar-refractivity contribution in [3.05, 3.63) is 42.0 Å². The molecule has 1 aliphatic rings. The number of nitrogens with one attached hydrogen (secondary N) is 1. The van der Waals surface area contributed by atoms with Crippen LogP contribution in [-0.2, 0) is 9.84 Å². The Balaban J connectivity index is 0.00000392. The van der Waals surface area contributed by atoms with Gasteiger partial charge in [-0.3, -0.25) is 9.89 Å². The minimum absolute atomic E-state index is 0. The highest BCUT2D eigenvalue weighted by molar-refractivity contribution is 14.0. The molecule has 1 aliphatic heterocycles. The van der Waals surface area contributed by atoms with Gasteiger partial charge in [0.05, 0.1) is 5.75 Å². The molecule has 0 saturated carbocycles. The molecule has 6 nitrogen and oxygen atoms in total. The molecule has 158 valence electrons. The van der Waals surface area contributed by atoms with Crippen molar-refractivity contribution < 1.29 is 8.42 Å². The summed E-state index contributed by atoms with van der Waals surface area (Å²) < 4.78 is 22.5. The summed E-state index contributed by atoms with van der Waals surface area (Å²) in [5, 5.41) is 3.32. The Kier molecular flexibility index (Phi) is 11.7. The Hall–Kier alpha value is -1.13. The summed E-state index contributed by atoms with van der Waals surface area (Å²) in [5.41, 5.74) is 1.23. The molecule has 0 radical (unpaired) electrons. The fourth-order valence-corrected chi connectivity index (χ4v) is 3.64. The molecule has 2 rings (SSSR count). The van der Waals surface area contributed by atoms with Gasteiger partial charge in [-0.05, 0) is 18.9 Å². The zero-order valence-electron chi connectivity index (χ0n) is 16.9.